The van der Waals surface area contributed by atoms with Crippen molar-refractivity contribution >= 4 is 23.2 Å². The summed E-state index contributed by atoms with van der Waals surface area (Å²) >= 11 is 0. The molecule has 0 saturated carbocycles. The first-order valence-corrected chi connectivity index (χ1v) is 5.80. The lowest BCUT2D eigenvalue weighted by Crippen LogP contribution is -2.32. The van der Waals surface area contributed by atoms with E-state index >= 15 is 0 Å². The van der Waals surface area contributed by atoms with Gasteiger partial charge < -0.3 is 16.0 Å². The molecule has 0 saturated heterocycles. The lowest BCUT2D eigenvalue weighted by atomic mass is 9.86. The van der Waals surface area contributed by atoms with Crippen LogP contribution in [0.3, 0.4) is 0 Å². The van der Waals surface area contributed by atoms with E-state index in [1.54, 1.807) is 13.1 Å². The van der Waals surface area contributed by atoms with E-state index in [1.165, 1.54) is 4.90 Å². The number of anilines is 2. The molecule has 2 rings (SSSR count). The number of nitrogens with one attached hydrogen (secondary N) is 1. The molecule has 1 aromatic carbocycles. The van der Waals surface area contributed by atoms with Gasteiger partial charge in [-0.25, -0.2) is 0 Å². The molecule has 0 aromatic heterocycles. The molecular weight excluding hydrogens is 230 g/mol. The molecule has 96 valence electrons. The van der Waals surface area contributed by atoms with Crippen LogP contribution in [0.2, 0.25) is 0 Å². The van der Waals surface area contributed by atoms with Crippen molar-refractivity contribution in [2.75, 3.05) is 23.8 Å². The van der Waals surface area contributed by atoms with Crippen LogP contribution in [-0.4, -0.2) is 25.4 Å². The van der Waals surface area contributed by atoms with Gasteiger partial charge in [0, 0.05) is 18.4 Å². The van der Waals surface area contributed by atoms with Gasteiger partial charge in [-0.15, -0.1) is 0 Å². The minimum atomic E-state index is -0.571. The molecule has 1 heterocycles. The standard InChI is InChI=1S/C13H17N3O2/c1-13(2)9-6-8(16(3)11(17)7-14)4-5-10(9)15-12(13)18/h4-6H,7,14H2,1-3H3,(H,15,18). The highest BCUT2D eigenvalue weighted by Crippen LogP contribution is 2.39. The Morgan fingerprint density at radius 3 is 2.72 bits per heavy atom. The number of hydrogen-bond acceptors (Lipinski definition) is 3. The van der Waals surface area contributed by atoms with Gasteiger partial charge in [0.1, 0.15) is 0 Å². The van der Waals surface area contributed by atoms with Crippen LogP contribution in [-0.2, 0) is 15.0 Å². The van der Waals surface area contributed by atoms with Crippen molar-refractivity contribution in [1.82, 2.24) is 0 Å². The molecule has 5 heteroatoms. The van der Waals surface area contributed by atoms with Gasteiger partial charge in [-0.2, -0.15) is 0 Å². The van der Waals surface area contributed by atoms with Gasteiger partial charge in [0.15, 0.2) is 0 Å². The molecule has 0 atom stereocenters. The number of nitrogens with zero attached hydrogens (tertiary/aromatic N) is 1. The first-order chi connectivity index (χ1) is 8.37. The van der Waals surface area contributed by atoms with Crippen LogP contribution in [0.4, 0.5) is 11.4 Å². The Labute approximate surface area is 106 Å². The van der Waals surface area contributed by atoms with Crippen molar-refractivity contribution < 1.29 is 9.59 Å². The van der Waals surface area contributed by atoms with Gasteiger partial charge >= 0.3 is 0 Å². The summed E-state index contributed by atoms with van der Waals surface area (Å²) in [6.07, 6.45) is 0. The maximum atomic E-state index is 11.8. The third-order valence-electron chi connectivity index (χ3n) is 3.43. The van der Waals surface area contributed by atoms with Gasteiger partial charge in [-0.05, 0) is 37.6 Å². The van der Waals surface area contributed by atoms with Gasteiger partial charge in [0.05, 0.1) is 12.0 Å². The van der Waals surface area contributed by atoms with E-state index in [4.69, 9.17) is 5.73 Å². The number of amides is 2. The number of likely N-dealkylation sites (N-methyl/N-ethyl adjacent to an activating group) is 1. The topological polar surface area (TPSA) is 75.4 Å². The van der Waals surface area contributed by atoms with Crippen molar-refractivity contribution in [2.24, 2.45) is 5.73 Å². The van der Waals surface area contributed by atoms with Gasteiger partial charge in [0.25, 0.3) is 0 Å². The highest BCUT2D eigenvalue weighted by Gasteiger charge is 2.38. The number of carbonyl (C=O) groups is 2. The van der Waals surface area contributed by atoms with E-state index in [-0.39, 0.29) is 18.4 Å². The Bertz CT molecular complexity index is 523. The van der Waals surface area contributed by atoms with E-state index in [2.05, 4.69) is 5.32 Å². The summed E-state index contributed by atoms with van der Waals surface area (Å²) in [5.41, 5.74) is 7.23. The van der Waals surface area contributed by atoms with Crippen LogP contribution in [0.25, 0.3) is 0 Å². The zero-order chi connectivity index (χ0) is 13.5. The average molecular weight is 247 g/mol. The van der Waals surface area contributed by atoms with Gasteiger partial charge in [-0.1, -0.05) is 0 Å². The largest absolute Gasteiger partial charge is 0.325 e. The smallest absolute Gasteiger partial charge is 0.240 e. The maximum absolute atomic E-state index is 11.8. The number of rotatable bonds is 2. The summed E-state index contributed by atoms with van der Waals surface area (Å²) in [5, 5.41) is 2.83. The third-order valence-corrected chi connectivity index (χ3v) is 3.43. The molecule has 5 nitrogen and oxygen atoms in total. The zero-order valence-corrected chi connectivity index (χ0v) is 10.8. The monoisotopic (exact) mass is 247 g/mol. The summed E-state index contributed by atoms with van der Waals surface area (Å²) in [5.74, 6) is -0.188. The molecule has 0 unspecified atom stereocenters. The van der Waals surface area contributed by atoms with E-state index < -0.39 is 5.41 Å². The van der Waals surface area contributed by atoms with Crippen molar-refractivity contribution in [2.45, 2.75) is 19.3 Å². The predicted molar refractivity (Wildman–Crippen MR) is 70.6 cm³/mol. The van der Waals surface area contributed by atoms with E-state index in [1.807, 2.05) is 26.0 Å². The van der Waals surface area contributed by atoms with Gasteiger partial charge in [0.2, 0.25) is 11.8 Å². The minimum Gasteiger partial charge on any atom is -0.325 e. The van der Waals surface area contributed by atoms with E-state index in [0.29, 0.717) is 0 Å². The average Bonchev–Trinajstić information content (AvgIpc) is 2.58. The van der Waals surface area contributed by atoms with Crippen LogP contribution in [0.1, 0.15) is 19.4 Å². The summed E-state index contributed by atoms with van der Waals surface area (Å²) < 4.78 is 0. The summed E-state index contributed by atoms with van der Waals surface area (Å²) in [6.45, 7) is 3.69. The molecule has 1 aromatic rings. The molecule has 0 bridgehead atoms. The number of fused-ring (bicyclic) bond motifs is 1. The fourth-order valence-electron chi connectivity index (χ4n) is 2.05. The highest BCUT2D eigenvalue weighted by atomic mass is 16.2. The van der Waals surface area contributed by atoms with Gasteiger partial charge in [-0.3, -0.25) is 9.59 Å². The summed E-state index contributed by atoms with van der Waals surface area (Å²) in [7, 11) is 1.67. The normalized spacial score (nSPS) is 16.1. The number of benzene rings is 1. The second-order valence-electron chi connectivity index (χ2n) is 4.97. The molecule has 18 heavy (non-hydrogen) atoms. The van der Waals surface area contributed by atoms with E-state index in [9.17, 15) is 9.59 Å². The van der Waals surface area contributed by atoms with Crippen LogP contribution < -0.4 is 16.0 Å². The molecule has 2 amide bonds. The van der Waals surface area contributed by atoms with Crippen LogP contribution >= 0.6 is 0 Å². The molecule has 1 aliphatic rings. The van der Waals surface area contributed by atoms with Crippen molar-refractivity contribution in [3.63, 3.8) is 0 Å². The number of carbonyl (C=O) groups excluding carboxylic acids is 2. The van der Waals surface area contributed by atoms with Crippen LogP contribution in [0, 0.1) is 0 Å². The van der Waals surface area contributed by atoms with Crippen molar-refractivity contribution in [3.05, 3.63) is 23.8 Å². The number of nitrogens with two attached hydrogens (primary N) is 1. The van der Waals surface area contributed by atoms with Crippen LogP contribution in [0.5, 0.6) is 0 Å². The molecule has 0 spiro atoms. The lowest BCUT2D eigenvalue weighted by Gasteiger charge is -2.20. The third kappa shape index (κ3) is 1.76. The lowest BCUT2D eigenvalue weighted by molar-refractivity contribution is -0.119. The molecule has 3 N–H and O–H groups in total. The Balaban J connectivity index is 2.43. The molecule has 0 radical (unpaired) electrons. The molecule has 1 aliphatic heterocycles. The Morgan fingerprint density at radius 1 is 1.44 bits per heavy atom. The summed E-state index contributed by atoms with van der Waals surface area (Å²) in [4.78, 5) is 24.9. The van der Waals surface area contributed by atoms with Crippen molar-refractivity contribution in [3.8, 4) is 0 Å². The quantitative estimate of drug-likeness (QED) is 0.813. The summed E-state index contributed by atoms with van der Waals surface area (Å²) in [6, 6.07) is 5.48. The van der Waals surface area contributed by atoms with E-state index in [0.717, 1.165) is 16.9 Å². The number of hydrogen-bond donors (Lipinski definition) is 2. The maximum Gasteiger partial charge on any atom is 0.240 e. The Kier molecular flexibility index (Phi) is 2.86. The Morgan fingerprint density at radius 2 is 2.11 bits per heavy atom. The van der Waals surface area contributed by atoms with Crippen molar-refractivity contribution in [1.29, 1.82) is 0 Å². The first-order valence-electron chi connectivity index (χ1n) is 5.80. The fourth-order valence-corrected chi connectivity index (χ4v) is 2.05. The fraction of sp³-hybridized carbons (Fsp3) is 0.385. The van der Waals surface area contributed by atoms with Crippen LogP contribution in [0.15, 0.2) is 18.2 Å². The first kappa shape index (κ1) is 12.6. The SMILES string of the molecule is CN(C(=O)CN)c1ccc2c(c1)C(C)(C)C(=O)N2. The molecular formula is C13H17N3O2. The minimum absolute atomic E-state index is 0.0255. The molecule has 0 fully saturated rings. The highest BCUT2D eigenvalue weighted by molar-refractivity contribution is 6.06. The predicted octanol–water partition coefficient (Wildman–Crippen LogP) is 0.838. The molecule has 0 aliphatic carbocycles. The zero-order valence-electron chi connectivity index (χ0n) is 10.8. The second kappa shape index (κ2) is 4.10. The second-order valence-corrected chi connectivity index (χ2v) is 4.97. The Hall–Kier alpha value is -1.88.